The lowest BCUT2D eigenvalue weighted by atomic mass is 9.87. The number of hydrogen-bond acceptors (Lipinski definition) is 2. The van der Waals surface area contributed by atoms with Crippen molar-refractivity contribution in [2.75, 3.05) is 19.7 Å². The molecule has 1 saturated carbocycles. The van der Waals surface area contributed by atoms with E-state index in [0.29, 0.717) is 13.1 Å². The summed E-state index contributed by atoms with van der Waals surface area (Å²) < 4.78 is 0. The van der Waals surface area contributed by atoms with Crippen LogP contribution in [0.15, 0.2) is 12.7 Å². The zero-order valence-electron chi connectivity index (χ0n) is 10.9. The molecule has 2 amide bonds. The van der Waals surface area contributed by atoms with E-state index in [1.165, 1.54) is 6.42 Å². The second-order valence-electron chi connectivity index (χ2n) is 5.34. The Bertz CT molecular complexity index is 277. The van der Waals surface area contributed by atoms with E-state index in [4.69, 9.17) is 5.11 Å². The van der Waals surface area contributed by atoms with Crippen LogP contribution in [0.1, 0.15) is 33.1 Å². The maximum Gasteiger partial charge on any atom is 0.317 e. The number of hydrogen-bond donors (Lipinski definition) is 2. The van der Waals surface area contributed by atoms with Crippen molar-refractivity contribution < 1.29 is 9.90 Å². The van der Waals surface area contributed by atoms with Crippen molar-refractivity contribution in [2.24, 2.45) is 5.41 Å². The normalized spacial score (nSPS) is 22.2. The zero-order chi connectivity index (χ0) is 12.9. The van der Waals surface area contributed by atoms with Crippen LogP contribution in [-0.4, -0.2) is 41.8 Å². The molecular formula is C13H24N2O2. The first-order valence-electron chi connectivity index (χ1n) is 6.28. The molecule has 0 aromatic carbocycles. The molecule has 0 radical (unpaired) electrons. The number of urea groups is 1. The van der Waals surface area contributed by atoms with Crippen LogP contribution in [0.4, 0.5) is 4.79 Å². The molecule has 4 nitrogen and oxygen atoms in total. The van der Waals surface area contributed by atoms with Crippen LogP contribution in [0.25, 0.3) is 0 Å². The molecule has 0 saturated heterocycles. The Labute approximate surface area is 104 Å². The minimum Gasteiger partial charge on any atom is -0.395 e. The number of rotatable bonds is 5. The fraction of sp³-hybridized carbons (Fsp3) is 0.769. The van der Waals surface area contributed by atoms with Crippen LogP contribution < -0.4 is 5.32 Å². The Kier molecular flexibility index (Phi) is 5.00. The summed E-state index contributed by atoms with van der Waals surface area (Å²) in [6, 6.07) is 0.139. The van der Waals surface area contributed by atoms with Gasteiger partial charge >= 0.3 is 6.03 Å². The fourth-order valence-electron chi connectivity index (χ4n) is 2.39. The van der Waals surface area contributed by atoms with Gasteiger partial charge in [-0.25, -0.2) is 4.79 Å². The number of carbonyl (C=O) groups excluding carboxylic acids is 1. The largest absolute Gasteiger partial charge is 0.395 e. The zero-order valence-corrected chi connectivity index (χ0v) is 10.9. The van der Waals surface area contributed by atoms with Crippen molar-refractivity contribution >= 4 is 6.03 Å². The van der Waals surface area contributed by atoms with Gasteiger partial charge in [-0.2, -0.15) is 0 Å². The van der Waals surface area contributed by atoms with Crippen molar-refractivity contribution in [1.82, 2.24) is 10.2 Å². The number of carbonyl (C=O) groups is 1. The standard InChI is InChI=1S/C13H24N2O2/c1-4-8-15(9-10-16)12(17)14-11-6-5-7-13(11,2)3/h4,11,16H,1,5-10H2,2-3H3,(H,14,17). The first kappa shape index (κ1) is 14.0. The van der Waals surface area contributed by atoms with E-state index in [9.17, 15) is 4.79 Å². The van der Waals surface area contributed by atoms with E-state index in [2.05, 4.69) is 25.7 Å². The average molecular weight is 240 g/mol. The Hall–Kier alpha value is -1.03. The summed E-state index contributed by atoms with van der Waals surface area (Å²) in [5.74, 6) is 0. The minimum absolute atomic E-state index is 0.0185. The van der Waals surface area contributed by atoms with E-state index in [1.807, 2.05) is 0 Å². The molecule has 17 heavy (non-hydrogen) atoms. The second-order valence-corrected chi connectivity index (χ2v) is 5.34. The minimum atomic E-state index is -0.0982. The lowest BCUT2D eigenvalue weighted by Gasteiger charge is -2.30. The molecule has 2 N–H and O–H groups in total. The summed E-state index contributed by atoms with van der Waals surface area (Å²) >= 11 is 0. The third-order valence-electron chi connectivity index (χ3n) is 3.56. The van der Waals surface area contributed by atoms with Gasteiger partial charge in [-0.1, -0.05) is 26.3 Å². The van der Waals surface area contributed by atoms with Gasteiger partial charge in [-0.05, 0) is 18.3 Å². The first-order chi connectivity index (χ1) is 8.01. The molecule has 98 valence electrons. The quantitative estimate of drug-likeness (QED) is 0.719. The van der Waals surface area contributed by atoms with E-state index in [1.54, 1.807) is 11.0 Å². The molecule has 1 rings (SSSR count). The summed E-state index contributed by atoms with van der Waals surface area (Å²) in [6.45, 7) is 8.81. The SMILES string of the molecule is C=CCN(CCO)C(=O)NC1CCCC1(C)C. The van der Waals surface area contributed by atoms with Gasteiger partial charge in [0.25, 0.3) is 0 Å². The third-order valence-corrected chi connectivity index (χ3v) is 3.56. The van der Waals surface area contributed by atoms with Gasteiger partial charge in [0.05, 0.1) is 6.61 Å². The van der Waals surface area contributed by atoms with Gasteiger partial charge in [-0.15, -0.1) is 6.58 Å². The molecule has 0 bridgehead atoms. The Morgan fingerprint density at radius 2 is 2.35 bits per heavy atom. The Morgan fingerprint density at radius 3 is 2.82 bits per heavy atom. The molecule has 0 aromatic rings. The Balaban J connectivity index is 2.54. The number of amides is 2. The fourth-order valence-corrected chi connectivity index (χ4v) is 2.39. The van der Waals surface area contributed by atoms with Gasteiger partial charge in [0.15, 0.2) is 0 Å². The summed E-state index contributed by atoms with van der Waals surface area (Å²) in [4.78, 5) is 13.6. The van der Waals surface area contributed by atoms with Gasteiger partial charge in [0.1, 0.15) is 0 Å². The maximum absolute atomic E-state index is 12.0. The van der Waals surface area contributed by atoms with Crippen molar-refractivity contribution in [3.8, 4) is 0 Å². The smallest absolute Gasteiger partial charge is 0.317 e. The van der Waals surface area contributed by atoms with Crippen LogP contribution in [0.2, 0.25) is 0 Å². The topological polar surface area (TPSA) is 52.6 Å². The molecule has 0 spiro atoms. The van der Waals surface area contributed by atoms with E-state index < -0.39 is 0 Å². The molecule has 1 aliphatic carbocycles. The highest BCUT2D eigenvalue weighted by molar-refractivity contribution is 5.74. The summed E-state index contributed by atoms with van der Waals surface area (Å²) in [6.07, 6.45) is 5.04. The second kappa shape index (κ2) is 6.05. The molecule has 4 heteroatoms. The number of nitrogens with zero attached hydrogens (tertiary/aromatic N) is 1. The van der Waals surface area contributed by atoms with Gasteiger partial charge < -0.3 is 15.3 Å². The molecular weight excluding hydrogens is 216 g/mol. The van der Waals surface area contributed by atoms with Gasteiger partial charge in [-0.3, -0.25) is 0 Å². The third kappa shape index (κ3) is 3.73. The molecule has 1 aliphatic rings. The summed E-state index contributed by atoms with van der Waals surface area (Å²) in [5.41, 5.74) is 0.175. The highest BCUT2D eigenvalue weighted by Gasteiger charge is 2.35. The molecule has 0 heterocycles. The molecule has 1 fully saturated rings. The van der Waals surface area contributed by atoms with Crippen LogP contribution in [0, 0.1) is 5.41 Å². The van der Waals surface area contributed by atoms with Crippen LogP contribution in [0.5, 0.6) is 0 Å². The van der Waals surface area contributed by atoms with Crippen molar-refractivity contribution in [3.05, 3.63) is 12.7 Å². The number of aliphatic hydroxyl groups excluding tert-OH is 1. The summed E-state index contributed by atoms with van der Waals surface area (Å²) in [5, 5.41) is 12.0. The van der Waals surface area contributed by atoms with Crippen LogP contribution >= 0.6 is 0 Å². The van der Waals surface area contributed by atoms with Crippen molar-refractivity contribution in [1.29, 1.82) is 0 Å². The maximum atomic E-state index is 12.0. The van der Waals surface area contributed by atoms with Gasteiger partial charge in [0.2, 0.25) is 0 Å². The van der Waals surface area contributed by atoms with Crippen LogP contribution in [-0.2, 0) is 0 Å². The van der Waals surface area contributed by atoms with E-state index in [0.717, 1.165) is 12.8 Å². The number of aliphatic hydroxyl groups is 1. The lowest BCUT2D eigenvalue weighted by molar-refractivity contribution is 0.172. The highest BCUT2D eigenvalue weighted by Crippen LogP contribution is 2.37. The van der Waals surface area contributed by atoms with Crippen molar-refractivity contribution in [2.45, 2.75) is 39.2 Å². The molecule has 0 aliphatic heterocycles. The van der Waals surface area contributed by atoms with E-state index in [-0.39, 0.29) is 24.1 Å². The molecule has 0 aromatic heterocycles. The van der Waals surface area contributed by atoms with Crippen LogP contribution in [0.3, 0.4) is 0 Å². The monoisotopic (exact) mass is 240 g/mol. The average Bonchev–Trinajstić information content (AvgIpc) is 2.58. The Morgan fingerprint density at radius 1 is 1.65 bits per heavy atom. The molecule has 1 unspecified atom stereocenters. The van der Waals surface area contributed by atoms with E-state index >= 15 is 0 Å². The molecule has 1 atom stereocenters. The van der Waals surface area contributed by atoms with Gasteiger partial charge in [0, 0.05) is 19.1 Å². The summed E-state index contributed by atoms with van der Waals surface area (Å²) in [7, 11) is 0. The predicted octanol–water partition coefficient (Wildman–Crippen LogP) is 1.75. The van der Waals surface area contributed by atoms with Crippen molar-refractivity contribution in [3.63, 3.8) is 0 Å². The first-order valence-corrected chi connectivity index (χ1v) is 6.28. The lowest BCUT2D eigenvalue weighted by Crippen LogP contribution is -2.49. The predicted molar refractivity (Wildman–Crippen MR) is 68.8 cm³/mol. The highest BCUT2D eigenvalue weighted by atomic mass is 16.3. The number of nitrogens with one attached hydrogen (secondary N) is 1.